The number of hydrogen-bond donors (Lipinski definition) is 1. The van der Waals surface area contributed by atoms with Gasteiger partial charge in [0.25, 0.3) is 5.91 Å². The molecule has 1 aliphatic heterocycles. The molecule has 7 heteroatoms. The van der Waals surface area contributed by atoms with Gasteiger partial charge in [0.15, 0.2) is 11.5 Å². The van der Waals surface area contributed by atoms with Gasteiger partial charge in [-0.05, 0) is 42.0 Å². The van der Waals surface area contributed by atoms with E-state index in [1.807, 2.05) is 54.6 Å². The Balaban J connectivity index is 1.59. The molecule has 0 saturated heterocycles. The first kappa shape index (κ1) is 19.0. The molecule has 6 nitrogen and oxygen atoms in total. The van der Waals surface area contributed by atoms with Crippen molar-refractivity contribution in [1.82, 2.24) is 5.32 Å². The number of rotatable bonds is 6. The molecule has 0 fully saturated rings. The highest BCUT2D eigenvalue weighted by Gasteiger charge is 2.21. The van der Waals surface area contributed by atoms with Crippen LogP contribution in [-0.4, -0.2) is 18.6 Å². The first-order chi connectivity index (χ1) is 14.1. The molecule has 1 aliphatic rings. The Morgan fingerprint density at radius 3 is 2.62 bits per heavy atom. The third-order valence-corrected chi connectivity index (χ3v) is 5.55. The molecule has 2 amide bonds. The van der Waals surface area contributed by atoms with Gasteiger partial charge < -0.3 is 19.7 Å². The van der Waals surface area contributed by atoms with E-state index in [1.54, 1.807) is 11.0 Å². The van der Waals surface area contributed by atoms with Crippen LogP contribution in [0.15, 0.2) is 60.7 Å². The van der Waals surface area contributed by atoms with E-state index in [0.717, 1.165) is 16.1 Å². The number of ether oxygens (including phenoxy) is 2. The Hall–Kier alpha value is -3.32. The predicted octanol–water partition coefficient (Wildman–Crippen LogP) is 3.96. The molecule has 4 rings (SSSR count). The Kier molecular flexibility index (Phi) is 5.48. The lowest BCUT2D eigenvalue weighted by Crippen LogP contribution is -2.29. The SMILES string of the molecule is CC(=O)NCc1ccc(C(=O)N(Cc2ccc3c(c2)OCO3)c2ccccc2)s1. The van der Waals surface area contributed by atoms with Gasteiger partial charge in [0.1, 0.15) is 0 Å². The molecule has 1 N–H and O–H groups in total. The second-order valence-corrected chi connectivity index (χ2v) is 7.76. The number of carbonyl (C=O) groups excluding carboxylic acids is 2. The first-order valence-corrected chi connectivity index (χ1v) is 10.0. The molecule has 0 unspecified atom stereocenters. The van der Waals surface area contributed by atoms with Crippen molar-refractivity contribution in [3.05, 3.63) is 76.0 Å². The number of benzene rings is 2. The molecule has 0 aliphatic carbocycles. The van der Waals surface area contributed by atoms with Gasteiger partial charge in [0.05, 0.1) is 18.0 Å². The summed E-state index contributed by atoms with van der Waals surface area (Å²) in [6.45, 7) is 2.51. The number of fused-ring (bicyclic) bond motifs is 1. The molecular weight excluding hydrogens is 388 g/mol. The van der Waals surface area contributed by atoms with Crippen LogP contribution in [0.4, 0.5) is 5.69 Å². The lowest BCUT2D eigenvalue weighted by molar-refractivity contribution is -0.119. The molecular formula is C22H20N2O4S. The Morgan fingerprint density at radius 1 is 1.03 bits per heavy atom. The molecule has 0 saturated carbocycles. The van der Waals surface area contributed by atoms with Crippen LogP contribution in [0.1, 0.15) is 27.0 Å². The highest BCUT2D eigenvalue weighted by atomic mass is 32.1. The van der Waals surface area contributed by atoms with Crippen LogP contribution in [0.3, 0.4) is 0 Å². The van der Waals surface area contributed by atoms with E-state index in [9.17, 15) is 9.59 Å². The summed E-state index contributed by atoms with van der Waals surface area (Å²) >= 11 is 1.39. The smallest absolute Gasteiger partial charge is 0.268 e. The van der Waals surface area contributed by atoms with Crippen LogP contribution in [0.5, 0.6) is 11.5 Å². The van der Waals surface area contributed by atoms with E-state index in [1.165, 1.54) is 18.3 Å². The van der Waals surface area contributed by atoms with Crippen LogP contribution >= 0.6 is 11.3 Å². The zero-order valence-electron chi connectivity index (χ0n) is 15.9. The summed E-state index contributed by atoms with van der Waals surface area (Å²) in [4.78, 5) is 27.8. The van der Waals surface area contributed by atoms with Gasteiger partial charge in [-0.2, -0.15) is 0 Å². The molecule has 2 heterocycles. The zero-order chi connectivity index (χ0) is 20.2. The molecule has 0 bridgehead atoms. The molecule has 3 aromatic rings. The minimum absolute atomic E-state index is 0.0899. The fourth-order valence-electron chi connectivity index (χ4n) is 3.04. The molecule has 0 radical (unpaired) electrons. The van der Waals surface area contributed by atoms with E-state index >= 15 is 0 Å². The number of para-hydroxylation sites is 1. The van der Waals surface area contributed by atoms with Crippen molar-refractivity contribution in [2.45, 2.75) is 20.0 Å². The number of amides is 2. The number of nitrogens with zero attached hydrogens (tertiary/aromatic N) is 1. The maximum Gasteiger partial charge on any atom is 0.268 e. The number of nitrogens with one attached hydrogen (secondary N) is 1. The average Bonchev–Trinajstić information content (AvgIpc) is 3.39. The summed E-state index contributed by atoms with van der Waals surface area (Å²) < 4.78 is 10.8. The van der Waals surface area contributed by atoms with Crippen molar-refractivity contribution in [2.24, 2.45) is 0 Å². The highest BCUT2D eigenvalue weighted by molar-refractivity contribution is 7.14. The van der Waals surface area contributed by atoms with Gasteiger partial charge in [-0.15, -0.1) is 11.3 Å². The van der Waals surface area contributed by atoms with Crippen molar-refractivity contribution in [1.29, 1.82) is 0 Å². The van der Waals surface area contributed by atoms with Crippen molar-refractivity contribution in [2.75, 3.05) is 11.7 Å². The molecule has 2 aromatic carbocycles. The summed E-state index contributed by atoms with van der Waals surface area (Å²) in [5.41, 5.74) is 1.76. The second kappa shape index (κ2) is 8.36. The summed E-state index contributed by atoms with van der Waals surface area (Å²) in [5, 5.41) is 2.76. The Labute approximate surface area is 172 Å². The largest absolute Gasteiger partial charge is 0.454 e. The maximum atomic E-state index is 13.3. The van der Waals surface area contributed by atoms with E-state index in [4.69, 9.17) is 9.47 Å². The zero-order valence-corrected chi connectivity index (χ0v) is 16.7. The van der Waals surface area contributed by atoms with E-state index in [0.29, 0.717) is 29.5 Å². The molecule has 0 spiro atoms. The van der Waals surface area contributed by atoms with Crippen LogP contribution < -0.4 is 19.7 Å². The van der Waals surface area contributed by atoms with Crippen molar-refractivity contribution in [3.8, 4) is 11.5 Å². The van der Waals surface area contributed by atoms with Crippen molar-refractivity contribution < 1.29 is 19.1 Å². The summed E-state index contributed by atoms with van der Waals surface area (Å²) in [6.07, 6.45) is 0. The van der Waals surface area contributed by atoms with Crippen LogP contribution in [0, 0.1) is 0 Å². The predicted molar refractivity (Wildman–Crippen MR) is 111 cm³/mol. The molecule has 1 aromatic heterocycles. The third-order valence-electron chi connectivity index (χ3n) is 4.47. The van der Waals surface area contributed by atoms with E-state index in [-0.39, 0.29) is 18.6 Å². The minimum atomic E-state index is -0.0972. The number of thiophene rings is 1. The minimum Gasteiger partial charge on any atom is -0.454 e. The summed E-state index contributed by atoms with van der Waals surface area (Å²) in [7, 11) is 0. The van der Waals surface area contributed by atoms with Crippen molar-refractivity contribution in [3.63, 3.8) is 0 Å². The monoisotopic (exact) mass is 408 g/mol. The fraction of sp³-hybridized carbons (Fsp3) is 0.182. The first-order valence-electron chi connectivity index (χ1n) is 9.19. The van der Waals surface area contributed by atoms with E-state index < -0.39 is 0 Å². The van der Waals surface area contributed by atoms with Crippen molar-refractivity contribution >= 4 is 28.8 Å². The van der Waals surface area contributed by atoms with E-state index in [2.05, 4.69) is 5.32 Å². The maximum absolute atomic E-state index is 13.3. The second-order valence-electron chi connectivity index (χ2n) is 6.59. The van der Waals surface area contributed by atoms with Gasteiger partial charge in [-0.3, -0.25) is 9.59 Å². The average molecular weight is 408 g/mol. The number of carbonyl (C=O) groups is 2. The number of anilines is 1. The van der Waals surface area contributed by atoms with Gasteiger partial charge >= 0.3 is 0 Å². The lowest BCUT2D eigenvalue weighted by Gasteiger charge is -2.22. The van der Waals surface area contributed by atoms with Crippen LogP contribution in [-0.2, 0) is 17.9 Å². The molecule has 148 valence electrons. The Morgan fingerprint density at radius 2 is 1.83 bits per heavy atom. The van der Waals surface area contributed by atoms with Gasteiger partial charge in [-0.1, -0.05) is 24.3 Å². The van der Waals surface area contributed by atoms with Gasteiger partial charge in [0, 0.05) is 17.5 Å². The van der Waals surface area contributed by atoms with Crippen LogP contribution in [0.25, 0.3) is 0 Å². The summed E-state index contributed by atoms with van der Waals surface area (Å²) in [6, 6.07) is 18.9. The fourth-order valence-corrected chi connectivity index (χ4v) is 3.94. The highest BCUT2D eigenvalue weighted by Crippen LogP contribution is 2.33. The topological polar surface area (TPSA) is 67.9 Å². The molecule has 0 atom stereocenters. The van der Waals surface area contributed by atoms with Crippen LogP contribution in [0.2, 0.25) is 0 Å². The summed E-state index contributed by atoms with van der Waals surface area (Å²) in [5.74, 6) is 1.22. The number of hydrogen-bond acceptors (Lipinski definition) is 5. The van der Waals surface area contributed by atoms with Gasteiger partial charge in [-0.25, -0.2) is 0 Å². The normalized spacial score (nSPS) is 11.9. The Bertz CT molecular complexity index is 1030. The van der Waals surface area contributed by atoms with Gasteiger partial charge in [0.2, 0.25) is 12.7 Å². The third kappa shape index (κ3) is 4.41. The lowest BCUT2D eigenvalue weighted by atomic mass is 10.1. The standard InChI is InChI=1S/C22H20N2O4S/c1-15(25)23-12-18-8-10-21(29-18)22(26)24(17-5-3-2-4-6-17)13-16-7-9-19-20(11-16)28-14-27-19/h2-11H,12-14H2,1H3,(H,23,25). The quantitative estimate of drug-likeness (QED) is 0.670. The molecule has 29 heavy (non-hydrogen) atoms.